The Kier molecular flexibility index (Phi) is 42.9. The van der Waals surface area contributed by atoms with Crippen molar-refractivity contribution in [2.24, 2.45) is 5.73 Å². The van der Waals surface area contributed by atoms with Crippen molar-refractivity contribution in [3.05, 3.63) is 60.8 Å². The number of rotatable bonds is 43. The minimum Gasteiger partial charge on any atom is -0.480 e. The molecule has 0 aliphatic carbocycles. The summed E-state index contributed by atoms with van der Waals surface area (Å²) in [5.41, 5.74) is 5.49. The molecule has 58 heavy (non-hydrogen) atoms. The lowest BCUT2D eigenvalue weighted by atomic mass is 10.0. The summed E-state index contributed by atoms with van der Waals surface area (Å²) in [6.07, 6.45) is 57.0. The van der Waals surface area contributed by atoms with Crippen molar-refractivity contribution in [2.45, 2.75) is 238 Å². The van der Waals surface area contributed by atoms with E-state index >= 15 is 0 Å². The van der Waals surface area contributed by atoms with Crippen molar-refractivity contribution in [1.29, 1.82) is 0 Å². The monoisotopic (exact) mass is 811 g/mol. The molecule has 0 aromatic heterocycles. The van der Waals surface area contributed by atoms with Gasteiger partial charge in [0.1, 0.15) is 12.1 Å². The van der Waals surface area contributed by atoms with Gasteiger partial charge in [-0.2, -0.15) is 0 Å². The molecule has 0 aliphatic rings. The Labute approximate surface area is 357 Å². The smallest absolute Gasteiger partial charge is 0.326 e. The van der Waals surface area contributed by atoms with Crippen LogP contribution in [0.5, 0.6) is 0 Å². The topological polar surface area (TPSA) is 119 Å². The highest BCUT2D eigenvalue weighted by molar-refractivity contribution is 5.83. The molecule has 7 heteroatoms. The van der Waals surface area contributed by atoms with Crippen LogP contribution < -0.4 is 11.1 Å². The maximum atomic E-state index is 12.8. The molecule has 0 aromatic rings. The SMILES string of the molecule is CC/C=C\C/C=C\C/C=C\C/C=C\C/C=C\CCCCCCCCCC(=O)OC(CCCCCCCCCCC)CCCCCCCC(=O)NC(CCCN)C(=O)O. The summed E-state index contributed by atoms with van der Waals surface area (Å²) in [4.78, 5) is 36.4. The fourth-order valence-electron chi connectivity index (χ4n) is 7.01. The molecule has 0 aliphatic heterocycles. The minimum atomic E-state index is -1.01. The normalized spacial score (nSPS) is 13.2. The van der Waals surface area contributed by atoms with E-state index in [0.29, 0.717) is 32.2 Å². The van der Waals surface area contributed by atoms with Gasteiger partial charge < -0.3 is 20.9 Å². The number of nitrogens with two attached hydrogens (primary N) is 1. The van der Waals surface area contributed by atoms with E-state index in [1.807, 2.05) is 0 Å². The van der Waals surface area contributed by atoms with Gasteiger partial charge in [0.15, 0.2) is 0 Å². The molecule has 334 valence electrons. The summed E-state index contributed by atoms with van der Waals surface area (Å²) in [5, 5.41) is 11.9. The second-order valence-electron chi connectivity index (χ2n) is 16.1. The lowest BCUT2D eigenvalue weighted by Crippen LogP contribution is -2.40. The van der Waals surface area contributed by atoms with E-state index in [1.165, 1.54) is 83.5 Å². The highest BCUT2D eigenvalue weighted by Gasteiger charge is 2.19. The zero-order chi connectivity index (χ0) is 42.4. The van der Waals surface area contributed by atoms with Crippen LogP contribution in [0.15, 0.2) is 60.8 Å². The maximum absolute atomic E-state index is 12.8. The fourth-order valence-corrected chi connectivity index (χ4v) is 7.01. The molecule has 2 unspecified atom stereocenters. The second-order valence-corrected chi connectivity index (χ2v) is 16.1. The first-order valence-corrected chi connectivity index (χ1v) is 24.1. The average Bonchev–Trinajstić information content (AvgIpc) is 3.21. The summed E-state index contributed by atoms with van der Waals surface area (Å²) >= 11 is 0. The molecule has 0 heterocycles. The molecule has 0 aromatic carbocycles. The Balaban J connectivity index is 4.18. The van der Waals surface area contributed by atoms with Gasteiger partial charge in [0.2, 0.25) is 5.91 Å². The predicted molar refractivity (Wildman–Crippen MR) is 248 cm³/mol. The molecule has 0 spiro atoms. The van der Waals surface area contributed by atoms with Crippen molar-refractivity contribution in [3.8, 4) is 0 Å². The van der Waals surface area contributed by atoms with Gasteiger partial charge in [0.05, 0.1) is 0 Å². The highest BCUT2D eigenvalue weighted by Crippen LogP contribution is 2.19. The van der Waals surface area contributed by atoms with Crippen molar-refractivity contribution >= 4 is 17.8 Å². The molecule has 2 atom stereocenters. The number of esters is 1. The Morgan fingerprint density at radius 1 is 0.517 bits per heavy atom. The van der Waals surface area contributed by atoms with E-state index in [2.05, 4.69) is 79.9 Å². The van der Waals surface area contributed by atoms with Gasteiger partial charge in [-0.1, -0.05) is 177 Å². The molecular formula is C51H90N2O5. The summed E-state index contributed by atoms with van der Waals surface area (Å²) in [6, 6.07) is -0.858. The van der Waals surface area contributed by atoms with Crippen LogP contribution in [0, 0.1) is 0 Å². The summed E-state index contributed by atoms with van der Waals surface area (Å²) in [5.74, 6) is -1.24. The number of carboxylic acid groups (broad SMARTS) is 1. The third-order valence-corrected chi connectivity index (χ3v) is 10.6. The van der Waals surface area contributed by atoms with Gasteiger partial charge in [0.25, 0.3) is 0 Å². The van der Waals surface area contributed by atoms with Crippen LogP contribution in [0.1, 0.15) is 226 Å². The molecule has 4 N–H and O–H groups in total. The summed E-state index contributed by atoms with van der Waals surface area (Å²) in [6.45, 7) is 4.83. The maximum Gasteiger partial charge on any atom is 0.326 e. The standard InChI is InChI=1S/C51H90N2O5/c1-3-5-7-9-11-13-14-15-16-17-18-19-20-21-22-23-24-25-26-28-30-35-39-45-50(55)58-47(41-36-32-29-27-12-10-8-6-4-2)42-37-33-31-34-38-44-49(54)53-48(51(56)57)43-40-46-52/h5,7,11,13,15-16,18-19,21-22,47-48H,3-4,6,8-10,12,14,17,20,23-46,52H2,1-2H3,(H,53,54)(H,56,57)/b7-5-,13-11-,16-15-,19-18-,22-21-. The van der Waals surface area contributed by atoms with Crippen LogP contribution in [0.25, 0.3) is 0 Å². The van der Waals surface area contributed by atoms with E-state index in [4.69, 9.17) is 10.5 Å². The van der Waals surface area contributed by atoms with Crippen LogP contribution in [0.4, 0.5) is 0 Å². The zero-order valence-corrected chi connectivity index (χ0v) is 37.6. The first-order valence-electron chi connectivity index (χ1n) is 24.1. The van der Waals surface area contributed by atoms with Gasteiger partial charge in [0, 0.05) is 12.8 Å². The summed E-state index contributed by atoms with van der Waals surface area (Å²) < 4.78 is 6.05. The zero-order valence-electron chi connectivity index (χ0n) is 37.6. The lowest BCUT2D eigenvalue weighted by molar-refractivity contribution is -0.150. The lowest BCUT2D eigenvalue weighted by Gasteiger charge is -2.18. The second kappa shape index (κ2) is 45.2. The minimum absolute atomic E-state index is 0.00673. The predicted octanol–water partition coefficient (Wildman–Crippen LogP) is 14.1. The van der Waals surface area contributed by atoms with E-state index < -0.39 is 12.0 Å². The number of carboxylic acids is 1. The fraction of sp³-hybridized carbons (Fsp3) is 0.745. The van der Waals surface area contributed by atoms with E-state index in [-0.39, 0.29) is 18.0 Å². The molecule has 0 radical (unpaired) electrons. The van der Waals surface area contributed by atoms with Gasteiger partial charge >= 0.3 is 11.9 Å². The van der Waals surface area contributed by atoms with Crippen LogP contribution in [-0.4, -0.2) is 41.6 Å². The van der Waals surface area contributed by atoms with Crippen LogP contribution in [0.2, 0.25) is 0 Å². The van der Waals surface area contributed by atoms with E-state index in [9.17, 15) is 19.5 Å². The number of amides is 1. The quantitative estimate of drug-likeness (QED) is 0.0321. The van der Waals surface area contributed by atoms with Crippen LogP contribution in [0.3, 0.4) is 0 Å². The number of unbranched alkanes of at least 4 members (excludes halogenated alkanes) is 19. The van der Waals surface area contributed by atoms with E-state index in [0.717, 1.165) is 103 Å². The number of nitrogens with one attached hydrogen (secondary N) is 1. The van der Waals surface area contributed by atoms with Crippen molar-refractivity contribution < 1.29 is 24.2 Å². The number of carbonyl (C=O) groups excluding carboxylic acids is 2. The number of allylic oxidation sites excluding steroid dienone is 10. The molecule has 7 nitrogen and oxygen atoms in total. The van der Waals surface area contributed by atoms with Gasteiger partial charge in [-0.05, 0) is 103 Å². The van der Waals surface area contributed by atoms with Crippen molar-refractivity contribution in [2.75, 3.05) is 6.54 Å². The molecular weight excluding hydrogens is 721 g/mol. The van der Waals surface area contributed by atoms with Gasteiger partial charge in [-0.25, -0.2) is 4.79 Å². The number of carbonyl (C=O) groups is 3. The number of hydrogen-bond acceptors (Lipinski definition) is 5. The molecule has 0 saturated carbocycles. The third-order valence-electron chi connectivity index (χ3n) is 10.6. The molecule has 0 fully saturated rings. The van der Waals surface area contributed by atoms with Crippen LogP contribution >= 0.6 is 0 Å². The van der Waals surface area contributed by atoms with Crippen molar-refractivity contribution in [3.63, 3.8) is 0 Å². The Hall–Kier alpha value is -2.93. The Bertz CT molecular complexity index is 1090. The first-order chi connectivity index (χ1) is 28.4. The summed E-state index contributed by atoms with van der Waals surface area (Å²) in [7, 11) is 0. The average molecular weight is 811 g/mol. The third kappa shape index (κ3) is 41.2. The molecule has 0 rings (SSSR count). The van der Waals surface area contributed by atoms with Gasteiger partial charge in [-0.15, -0.1) is 0 Å². The largest absolute Gasteiger partial charge is 0.480 e. The van der Waals surface area contributed by atoms with Crippen LogP contribution in [-0.2, 0) is 19.1 Å². The Morgan fingerprint density at radius 3 is 1.43 bits per heavy atom. The van der Waals surface area contributed by atoms with Crippen molar-refractivity contribution in [1.82, 2.24) is 5.32 Å². The van der Waals surface area contributed by atoms with Gasteiger partial charge in [-0.3, -0.25) is 9.59 Å². The Morgan fingerprint density at radius 2 is 0.948 bits per heavy atom. The highest BCUT2D eigenvalue weighted by atomic mass is 16.5. The first kappa shape index (κ1) is 55.1. The number of aliphatic carboxylic acids is 1. The molecule has 0 saturated heterocycles. The van der Waals surface area contributed by atoms with E-state index in [1.54, 1.807) is 0 Å². The molecule has 0 bridgehead atoms. The molecule has 1 amide bonds. The number of hydrogen-bond donors (Lipinski definition) is 3. The number of ether oxygens (including phenoxy) is 1.